The first-order chi connectivity index (χ1) is 18.3. The molecule has 0 N–H and O–H groups in total. The number of hydrogen-bond donors (Lipinski definition) is 0. The van der Waals surface area contributed by atoms with Gasteiger partial charge in [0.2, 0.25) is 0 Å². The van der Waals surface area contributed by atoms with Gasteiger partial charge in [0.05, 0.1) is 13.1 Å². The molecular weight excluding hydrogens is 448 g/mol. The van der Waals surface area contributed by atoms with Crippen LogP contribution in [0.15, 0.2) is 12.4 Å². The van der Waals surface area contributed by atoms with E-state index in [2.05, 4.69) is 42.3 Å². The summed E-state index contributed by atoms with van der Waals surface area (Å²) in [5.41, 5.74) is 0. The molecule has 0 aliphatic rings. The van der Waals surface area contributed by atoms with Crippen LogP contribution in [0.25, 0.3) is 0 Å². The smallest absolute Gasteiger partial charge is 0.234 e. The maximum absolute atomic E-state index is 2.61. The highest BCUT2D eigenvalue weighted by atomic mass is 15.1. The van der Waals surface area contributed by atoms with Crippen molar-refractivity contribution in [2.24, 2.45) is 0 Å². The maximum Gasteiger partial charge on any atom is 0.256 e. The highest BCUT2D eigenvalue weighted by molar-refractivity contribution is 4.84. The lowest BCUT2D eigenvalue weighted by molar-refractivity contribution is -0.704. The van der Waals surface area contributed by atoms with E-state index in [4.69, 9.17) is 0 Å². The van der Waals surface area contributed by atoms with Crippen LogP contribution in [-0.4, -0.2) is 4.57 Å². The van der Waals surface area contributed by atoms with Gasteiger partial charge in [-0.25, -0.2) is 9.13 Å². The molecule has 0 unspecified atom stereocenters. The van der Waals surface area contributed by atoms with Crippen molar-refractivity contribution in [3.05, 3.63) is 18.2 Å². The Labute approximate surface area is 234 Å². The summed E-state index contributed by atoms with van der Waals surface area (Å²) in [6.45, 7) is 9.38. The summed E-state index contributed by atoms with van der Waals surface area (Å²) in [5.74, 6) is 1.61. The Hall–Kier alpha value is -0.790. The van der Waals surface area contributed by atoms with Crippen LogP contribution in [0.1, 0.15) is 194 Å². The van der Waals surface area contributed by atoms with Crippen LogP contribution >= 0.6 is 0 Å². The first-order valence-electron chi connectivity index (χ1n) is 17.4. The van der Waals surface area contributed by atoms with E-state index in [1.807, 2.05) is 0 Å². The van der Waals surface area contributed by atoms with Crippen LogP contribution in [0.5, 0.6) is 0 Å². The fraction of sp³-hybridized carbons (Fsp3) is 0.914. The SMILES string of the molecule is CCCCCCCCCCCCCCCc1n(CCCCCCCCCC)cc[n+]1CCCCCCC. The molecule has 0 aliphatic heterocycles. The van der Waals surface area contributed by atoms with Crippen molar-refractivity contribution in [2.75, 3.05) is 0 Å². The molecule has 0 spiro atoms. The highest BCUT2D eigenvalue weighted by Crippen LogP contribution is 2.14. The molecule has 2 heteroatoms. The van der Waals surface area contributed by atoms with Crippen LogP contribution in [0.4, 0.5) is 0 Å². The monoisotopic (exact) mass is 518 g/mol. The zero-order valence-electron chi connectivity index (χ0n) is 26.1. The van der Waals surface area contributed by atoms with Crippen LogP contribution in [0, 0.1) is 0 Å². The molecule has 0 aromatic carbocycles. The van der Waals surface area contributed by atoms with E-state index in [9.17, 15) is 0 Å². The Morgan fingerprint density at radius 3 is 1.30 bits per heavy atom. The van der Waals surface area contributed by atoms with Gasteiger partial charge >= 0.3 is 0 Å². The molecule has 1 aromatic heterocycles. The fourth-order valence-corrected chi connectivity index (χ4v) is 5.80. The van der Waals surface area contributed by atoms with Gasteiger partial charge in [-0.1, -0.05) is 156 Å². The number of hydrogen-bond acceptors (Lipinski definition) is 0. The zero-order chi connectivity index (χ0) is 26.7. The van der Waals surface area contributed by atoms with Crippen molar-refractivity contribution in [1.82, 2.24) is 4.57 Å². The summed E-state index contributed by atoms with van der Waals surface area (Å²) in [4.78, 5) is 0. The van der Waals surface area contributed by atoms with Crippen molar-refractivity contribution < 1.29 is 4.57 Å². The summed E-state index contributed by atoms with van der Waals surface area (Å²) in [7, 11) is 0. The third-order valence-electron chi connectivity index (χ3n) is 8.35. The Morgan fingerprint density at radius 1 is 0.459 bits per heavy atom. The van der Waals surface area contributed by atoms with Crippen LogP contribution < -0.4 is 4.57 Å². The number of unbranched alkanes of at least 4 members (excludes halogenated alkanes) is 23. The van der Waals surface area contributed by atoms with E-state index < -0.39 is 0 Å². The van der Waals surface area contributed by atoms with Gasteiger partial charge < -0.3 is 0 Å². The number of aryl methyl sites for hydroxylation is 2. The van der Waals surface area contributed by atoms with Crippen molar-refractivity contribution in [2.45, 2.75) is 207 Å². The van der Waals surface area contributed by atoms with Crippen LogP contribution in [0.3, 0.4) is 0 Å². The largest absolute Gasteiger partial charge is 0.256 e. The maximum atomic E-state index is 2.61. The zero-order valence-corrected chi connectivity index (χ0v) is 26.1. The van der Waals surface area contributed by atoms with Gasteiger partial charge in [-0.05, 0) is 32.1 Å². The first-order valence-corrected chi connectivity index (χ1v) is 17.4. The van der Waals surface area contributed by atoms with Gasteiger partial charge in [-0.3, -0.25) is 0 Å². The number of nitrogens with zero attached hydrogens (tertiary/aromatic N) is 2. The lowest BCUT2D eigenvalue weighted by Gasteiger charge is -2.07. The molecule has 0 aliphatic carbocycles. The van der Waals surface area contributed by atoms with Gasteiger partial charge in [0.15, 0.2) is 0 Å². The van der Waals surface area contributed by atoms with Gasteiger partial charge in [0.1, 0.15) is 12.4 Å². The predicted octanol–water partition coefficient (Wildman–Crippen LogP) is 11.5. The third-order valence-corrected chi connectivity index (χ3v) is 8.35. The molecular formula is C35H69N2+. The van der Waals surface area contributed by atoms with Gasteiger partial charge in [-0.15, -0.1) is 0 Å². The van der Waals surface area contributed by atoms with Gasteiger partial charge in [0, 0.05) is 6.42 Å². The predicted molar refractivity (Wildman–Crippen MR) is 165 cm³/mol. The Balaban J connectivity index is 2.27. The molecule has 0 saturated carbocycles. The molecule has 0 fully saturated rings. The normalized spacial score (nSPS) is 11.5. The van der Waals surface area contributed by atoms with E-state index in [0.29, 0.717) is 0 Å². The molecule has 0 amide bonds. The summed E-state index contributed by atoms with van der Waals surface area (Å²) in [5, 5.41) is 0. The quantitative estimate of drug-likeness (QED) is 0.0737. The molecule has 0 atom stereocenters. The molecule has 2 nitrogen and oxygen atoms in total. The van der Waals surface area contributed by atoms with Crippen molar-refractivity contribution in [3.63, 3.8) is 0 Å². The average Bonchev–Trinajstić information content (AvgIpc) is 3.29. The second-order valence-electron chi connectivity index (χ2n) is 12.0. The summed E-state index contributed by atoms with van der Waals surface area (Å²) in [6, 6.07) is 0. The van der Waals surface area contributed by atoms with Crippen molar-refractivity contribution >= 4 is 0 Å². The van der Waals surface area contributed by atoms with Crippen LogP contribution in [0.2, 0.25) is 0 Å². The molecule has 1 aromatic rings. The topological polar surface area (TPSA) is 8.81 Å². The molecule has 37 heavy (non-hydrogen) atoms. The lowest BCUT2D eigenvalue weighted by atomic mass is 10.0. The van der Waals surface area contributed by atoms with E-state index >= 15 is 0 Å². The molecule has 0 radical (unpaired) electrons. The minimum atomic E-state index is 1.22. The first kappa shape index (κ1) is 34.2. The second kappa shape index (κ2) is 26.8. The van der Waals surface area contributed by atoms with Crippen molar-refractivity contribution in [3.8, 4) is 0 Å². The lowest BCUT2D eigenvalue weighted by Crippen LogP contribution is -2.37. The summed E-state index contributed by atoms with van der Waals surface area (Å²) < 4.78 is 5.22. The molecule has 1 heterocycles. The summed E-state index contributed by atoms with van der Waals surface area (Å²) >= 11 is 0. The Morgan fingerprint density at radius 2 is 0.838 bits per heavy atom. The van der Waals surface area contributed by atoms with Crippen molar-refractivity contribution in [1.29, 1.82) is 0 Å². The minimum absolute atomic E-state index is 1.22. The van der Waals surface area contributed by atoms with E-state index in [1.54, 1.807) is 5.82 Å². The van der Waals surface area contributed by atoms with Crippen LogP contribution in [-0.2, 0) is 19.5 Å². The highest BCUT2D eigenvalue weighted by Gasteiger charge is 2.16. The molecule has 1 rings (SSSR count). The third kappa shape index (κ3) is 19.9. The molecule has 218 valence electrons. The standard InChI is InChI=1S/C35H69N2/c1-4-7-10-13-15-17-18-19-20-21-22-24-27-30-35-36(31-28-25-12-9-6-3)33-34-37(35)32-29-26-23-16-14-11-8-5-2/h33-34H,4-32H2,1-3H3/q+1. The number of aromatic nitrogens is 2. The van der Waals surface area contributed by atoms with E-state index in [1.165, 1.54) is 186 Å². The Kier molecular flexibility index (Phi) is 24.8. The summed E-state index contributed by atoms with van der Waals surface area (Å²) in [6.07, 6.45) is 42.9. The van der Waals surface area contributed by atoms with E-state index in [-0.39, 0.29) is 0 Å². The number of imidazole rings is 1. The van der Waals surface area contributed by atoms with Gasteiger partial charge in [0.25, 0.3) is 5.82 Å². The molecule has 0 bridgehead atoms. The van der Waals surface area contributed by atoms with E-state index in [0.717, 1.165) is 0 Å². The Bertz CT molecular complexity index is 576. The van der Waals surface area contributed by atoms with Gasteiger partial charge in [-0.2, -0.15) is 0 Å². The number of rotatable bonds is 29. The molecule has 0 saturated heterocycles. The second-order valence-corrected chi connectivity index (χ2v) is 12.0. The average molecular weight is 518 g/mol. The fourth-order valence-electron chi connectivity index (χ4n) is 5.80. The minimum Gasteiger partial charge on any atom is -0.234 e.